The van der Waals surface area contributed by atoms with E-state index in [4.69, 9.17) is 37.9 Å². The van der Waals surface area contributed by atoms with Crippen LogP contribution in [0.4, 0.5) is 0 Å². The van der Waals surface area contributed by atoms with E-state index >= 15 is 0 Å². The van der Waals surface area contributed by atoms with E-state index < -0.39 is 0 Å². The molecule has 0 aliphatic rings. The van der Waals surface area contributed by atoms with Crippen molar-refractivity contribution < 1.29 is 9.47 Å². The van der Waals surface area contributed by atoms with Gasteiger partial charge in [-0.15, -0.1) is 0 Å². The van der Waals surface area contributed by atoms with Crippen molar-refractivity contribution in [2.45, 2.75) is 0 Å². The molecule has 7 heteroatoms. The Kier molecular flexibility index (Phi) is 4.99. The van der Waals surface area contributed by atoms with E-state index in [0.29, 0.717) is 44.7 Å². The van der Waals surface area contributed by atoms with Crippen LogP contribution in [0.15, 0.2) is 42.7 Å². The number of benzene rings is 2. The van der Waals surface area contributed by atoms with Crippen LogP contribution in [0.2, 0.25) is 10.0 Å². The van der Waals surface area contributed by atoms with Gasteiger partial charge in [0, 0.05) is 5.02 Å². The normalized spacial score (nSPS) is 10.4. The lowest BCUT2D eigenvalue weighted by molar-refractivity contribution is 0.213. The summed E-state index contributed by atoms with van der Waals surface area (Å²) in [7, 11) is 0. The van der Waals surface area contributed by atoms with Gasteiger partial charge in [0.25, 0.3) is 0 Å². The highest BCUT2D eigenvalue weighted by molar-refractivity contribution is 6.38. The van der Waals surface area contributed by atoms with Crippen molar-refractivity contribution >= 4 is 34.1 Å². The van der Waals surface area contributed by atoms with Crippen molar-refractivity contribution in [3.05, 3.63) is 58.3 Å². The highest BCUT2D eigenvalue weighted by atomic mass is 35.5. The van der Waals surface area contributed by atoms with Crippen LogP contribution in [-0.4, -0.2) is 23.2 Å². The molecule has 0 saturated heterocycles. The number of aromatic nitrogens is 2. The SMILES string of the molecule is N#Cc1ccc(OCCOc2ncnc3c(Cl)cc(Cl)cc23)cc1. The van der Waals surface area contributed by atoms with Gasteiger partial charge in [0.05, 0.1) is 27.6 Å². The first-order valence-electron chi connectivity index (χ1n) is 7.03. The molecule has 24 heavy (non-hydrogen) atoms. The summed E-state index contributed by atoms with van der Waals surface area (Å²) in [5, 5.41) is 10.3. The molecule has 120 valence electrons. The Balaban J connectivity index is 1.64. The summed E-state index contributed by atoms with van der Waals surface area (Å²) in [6.45, 7) is 0.613. The zero-order chi connectivity index (χ0) is 16.9. The highest BCUT2D eigenvalue weighted by Gasteiger charge is 2.09. The second kappa shape index (κ2) is 7.35. The van der Waals surface area contributed by atoms with Crippen molar-refractivity contribution in [1.82, 2.24) is 9.97 Å². The molecule has 2 aromatic carbocycles. The maximum atomic E-state index is 8.75. The monoisotopic (exact) mass is 359 g/mol. The van der Waals surface area contributed by atoms with Gasteiger partial charge in [0.2, 0.25) is 5.88 Å². The first-order valence-corrected chi connectivity index (χ1v) is 7.78. The van der Waals surface area contributed by atoms with Crippen molar-refractivity contribution in [2.24, 2.45) is 0 Å². The van der Waals surface area contributed by atoms with Crippen molar-refractivity contribution in [3.63, 3.8) is 0 Å². The molecule has 5 nitrogen and oxygen atoms in total. The summed E-state index contributed by atoms with van der Waals surface area (Å²) in [5.41, 5.74) is 1.17. The Morgan fingerprint density at radius 3 is 2.50 bits per heavy atom. The van der Waals surface area contributed by atoms with Gasteiger partial charge in [-0.25, -0.2) is 9.97 Å². The fraction of sp³-hybridized carbons (Fsp3) is 0.118. The number of fused-ring (bicyclic) bond motifs is 1. The Morgan fingerprint density at radius 1 is 1.00 bits per heavy atom. The molecule has 3 rings (SSSR count). The van der Waals surface area contributed by atoms with Gasteiger partial charge in [-0.3, -0.25) is 0 Å². The molecular formula is C17H11Cl2N3O2. The summed E-state index contributed by atoms with van der Waals surface area (Å²) >= 11 is 12.1. The first-order chi connectivity index (χ1) is 11.7. The molecule has 0 bridgehead atoms. The maximum Gasteiger partial charge on any atom is 0.224 e. The summed E-state index contributed by atoms with van der Waals surface area (Å²) < 4.78 is 11.2. The minimum atomic E-state index is 0.288. The number of rotatable bonds is 5. The molecule has 0 spiro atoms. The van der Waals surface area contributed by atoms with Crippen LogP contribution in [0.1, 0.15) is 5.56 Å². The molecule has 1 heterocycles. The van der Waals surface area contributed by atoms with E-state index in [0.717, 1.165) is 0 Å². The molecule has 0 aliphatic carbocycles. The van der Waals surface area contributed by atoms with Gasteiger partial charge in [-0.2, -0.15) is 5.26 Å². The van der Waals surface area contributed by atoms with Crippen LogP contribution in [-0.2, 0) is 0 Å². The molecule has 0 radical (unpaired) electrons. The van der Waals surface area contributed by atoms with E-state index in [9.17, 15) is 0 Å². The molecule has 3 aromatic rings. The predicted molar refractivity (Wildman–Crippen MR) is 91.7 cm³/mol. The molecular weight excluding hydrogens is 349 g/mol. The lowest BCUT2D eigenvalue weighted by Crippen LogP contribution is -2.10. The van der Waals surface area contributed by atoms with Crippen LogP contribution in [0.3, 0.4) is 0 Å². The zero-order valence-corrected chi connectivity index (χ0v) is 13.9. The van der Waals surface area contributed by atoms with Gasteiger partial charge < -0.3 is 9.47 Å². The maximum absolute atomic E-state index is 8.75. The van der Waals surface area contributed by atoms with Crippen LogP contribution in [0.25, 0.3) is 10.9 Å². The topological polar surface area (TPSA) is 68.0 Å². The van der Waals surface area contributed by atoms with Gasteiger partial charge >= 0.3 is 0 Å². The molecule has 0 saturated carbocycles. The molecule has 0 N–H and O–H groups in total. The van der Waals surface area contributed by atoms with Gasteiger partial charge in [0.1, 0.15) is 25.3 Å². The van der Waals surface area contributed by atoms with Crippen LogP contribution < -0.4 is 9.47 Å². The molecule has 0 aliphatic heterocycles. The number of hydrogen-bond donors (Lipinski definition) is 0. The smallest absolute Gasteiger partial charge is 0.224 e. The summed E-state index contributed by atoms with van der Waals surface area (Å²) in [5.74, 6) is 1.06. The average molecular weight is 360 g/mol. The third kappa shape index (κ3) is 3.67. The van der Waals surface area contributed by atoms with Crippen molar-refractivity contribution in [3.8, 4) is 17.7 Å². The fourth-order valence-electron chi connectivity index (χ4n) is 2.11. The summed E-state index contributed by atoms with van der Waals surface area (Å²) in [6.07, 6.45) is 1.39. The van der Waals surface area contributed by atoms with Crippen LogP contribution in [0, 0.1) is 11.3 Å². The third-order valence-corrected chi connectivity index (χ3v) is 3.70. The fourth-order valence-corrected chi connectivity index (χ4v) is 2.65. The quantitative estimate of drug-likeness (QED) is 0.636. The lowest BCUT2D eigenvalue weighted by atomic mass is 10.2. The van der Waals surface area contributed by atoms with Crippen LogP contribution >= 0.6 is 23.2 Å². The molecule has 0 atom stereocenters. The average Bonchev–Trinajstić information content (AvgIpc) is 2.59. The van der Waals surface area contributed by atoms with E-state index in [2.05, 4.69) is 16.0 Å². The van der Waals surface area contributed by atoms with Gasteiger partial charge in [-0.1, -0.05) is 23.2 Å². The Labute approximate surface area is 148 Å². The summed E-state index contributed by atoms with van der Waals surface area (Å²) in [6, 6.07) is 12.2. The number of hydrogen-bond acceptors (Lipinski definition) is 5. The van der Waals surface area contributed by atoms with Gasteiger partial charge in [-0.05, 0) is 36.4 Å². The number of nitrogens with zero attached hydrogens (tertiary/aromatic N) is 3. The summed E-state index contributed by atoms with van der Waals surface area (Å²) in [4.78, 5) is 8.25. The second-order valence-corrected chi connectivity index (χ2v) is 5.64. The molecule has 0 unspecified atom stereocenters. The minimum Gasteiger partial charge on any atom is -0.490 e. The van der Waals surface area contributed by atoms with Crippen molar-refractivity contribution in [2.75, 3.05) is 13.2 Å². The largest absolute Gasteiger partial charge is 0.490 e. The lowest BCUT2D eigenvalue weighted by Gasteiger charge is -2.10. The number of halogens is 2. The van der Waals surface area contributed by atoms with Gasteiger partial charge in [0.15, 0.2) is 0 Å². The highest BCUT2D eigenvalue weighted by Crippen LogP contribution is 2.30. The molecule has 1 aromatic heterocycles. The minimum absolute atomic E-state index is 0.288. The second-order valence-electron chi connectivity index (χ2n) is 4.80. The number of ether oxygens (including phenoxy) is 2. The Hall–Kier alpha value is -2.55. The van der Waals surface area contributed by atoms with Crippen molar-refractivity contribution in [1.29, 1.82) is 5.26 Å². The van der Waals surface area contributed by atoms with Crippen LogP contribution in [0.5, 0.6) is 11.6 Å². The Morgan fingerprint density at radius 2 is 1.75 bits per heavy atom. The van der Waals surface area contributed by atoms with E-state index in [-0.39, 0.29) is 6.61 Å². The first kappa shape index (κ1) is 16.3. The number of nitriles is 1. The standard InChI is InChI=1S/C17H11Cl2N3O2/c18-12-7-14-16(15(19)8-12)21-10-22-17(14)24-6-5-23-13-3-1-11(9-20)2-4-13/h1-4,7-8,10H,5-6H2. The Bertz CT molecular complexity index is 908. The van der Waals surface area contributed by atoms with E-state index in [1.807, 2.05) is 0 Å². The zero-order valence-electron chi connectivity index (χ0n) is 12.4. The third-order valence-electron chi connectivity index (χ3n) is 3.19. The van der Waals surface area contributed by atoms with E-state index in [1.165, 1.54) is 6.33 Å². The molecule has 0 fully saturated rings. The van der Waals surface area contributed by atoms with E-state index in [1.54, 1.807) is 36.4 Å². The predicted octanol–water partition coefficient (Wildman–Crippen LogP) is 4.27. The molecule has 0 amide bonds.